The van der Waals surface area contributed by atoms with Crippen molar-refractivity contribution in [1.29, 1.82) is 0 Å². The molecule has 0 saturated carbocycles. The topological polar surface area (TPSA) is 36.4 Å². The standard InChI is InChI=1S/C12H16Cl2N2O/c1-8-5-11(13)10(12(14)15-8)7-16-4-2-3-9(17)6-16/h5,9,17H,2-4,6-7H2,1H3/t9-/m0/s1. The average Bonchev–Trinajstić information content (AvgIpc) is 2.23. The van der Waals surface area contributed by atoms with E-state index >= 15 is 0 Å². The molecule has 0 amide bonds. The summed E-state index contributed by atoms with van der Waals surface area (Å²) < 4.78 is 0. The first-order valence-electron chi connectivity index (χ1n) is 5.78. The molecule has 1 fully saturated rings. The zero-order valence-corrected chi connectivity index (χ0v) is 11.3. The quantitative estimate of drug-likeness (QED) is 0.843. The van der Waals surface area contributed by atoms with Gasteiger partial charge in [-0.3, -0.25) is 4.90 Å². The van der Waals surface area contributed by atoms with Crippen LogP contribution in [0.1, 0.15) is 24.1 Å². The van der Waals surface area contributed by atoms with Gasteiger partial charge in [-0.2, -0.15) is 0 Å². The van der Waals surface area contributed by atoms with Crippen LogP contribution in [-0.4, -0.2) is 34.2 Å². The van der Waals surface area contributed by atoms with Crippen LogP contribution in [0.25, 0.3) is 0 Å². The molecule has 1 aromatic rings. The van der Waals surface area contributed by atoms with E-state index in [0.717, 1.165) is 30.6 Å². The number of aryl methyl sites for hydroxylation is 1. The van der Waals surface area contributed by atoms with E-state index in [-0.39, 0.29) is 6.10 Å². The zero-order chi connectivity index (χ0) is 12.4. The van der Waals surface area contributed by atoms with Crippen molar-refractivity contribution in [1.82, 2.24) is 9.88 Å². The maximum absolute atomic E-state index is 9.62. The summed E-state index contributed by atoms with van der Waals surface area (Å²) in [6.45, 7) is 4.17. The van der Waals surface area contributed by atoms with Gasteiger partial charge in [0.15, 0.2) is 0 Å². The van der Waals surface area contributed by atoms with E-state index in [9.17, 15) is 5.11 Å². The first-order chi connectivity index (χ1) is 8.06. The minimum absolute atomic E-state index is 0.236. The monoisotopic (exact) mass is 274 g/mol. The summed E-state index contributed by atoms with van der Waals surface area (Å²) in [7, 11) is 0. The molecule has 1 aliphatic heterocycles. The van der Waals surface area contributed by atoms with Crippen molar-refractivity contribution in [2.45, 2.75) is 32.4 Å². The summed E-state index contributed by atoms with van der Waals surface area (Å²) in [5.41, 5.74) is 1.68. The molecule has 0 bridgehead atoms. The number of halogens is 2. The van der Waals surface area contributed by atoms with Gasteiger partial charge < -0.3 is 5.11 Å². The fourth-order valence-corrected chi connectivity index (χ4v) is 2.81. The summed E-state index contributed by atoms with van der Waals surface area (Å²) in [5.74, 6) is 0. The van der Waals surface area contributed by atoms with Gasteiger partial charge in [-0.25, -0.2) is 4.98 Å². The maximum atomic E-state index is 9.62. The number of pyridine rings is 1. The minimum atomic E-state index is -0.236. The van der Waals surface area contributed by atoms with Gasteiger partial charge in [0.25, 0.3) is 0 Å². The third kappa shape index (κ3) is 3.32. The normalized spacial score (nSPS) is 21.8. The van der Waals surface area contributed by atoms with E-state index in [1.807, 2.05) is 13.0 Å². The van der Waals surface area contributed by atoms with Gasteiger partial charge in [0.2, 0.25) is 0 Å². The Hall–Kier alpha value is -0.350. The second-order valence-electron chi connectivity index (χ2n) is 4.55. The number of piperidine rings is 1. The Balaban J connectivity index is 2.12. The third-order valence-corrected chi connectivity index (χ3v) is 3.66. The maximum Gasteiger partial charge on any atom is 0.135 e. The number of rotatable bonds is 2. The van der Waals surface area contributed by atoms with Gasteiger partial charge >= 0.3 is 0 Å². The Morgan fingerprint density at radius 3 is 2.94 bits per heavy atom. The highest BCUT2D eigenvalue weighted by molar-refractivity contribution is 6.35. The first kappa shape index (κ1) is 13.1. The van der Waals surface area contributed by atoms with Crippen LogP contribution in [0.15, 0.2) is 6.07 Å². The number of likely N-dealkylation sites (tertiary alicyclic amines) is 1. The molecule has 2 rings (SSSR count). The molecule has 2 heterocycles. The van der Waals surface area contributed by atoms with E-state index in [0.29, 0.717) is 23.3 Å². The van der Waals surface area contributed by atoms with Crippen LogP contribution < -0.4 is 0 Å². The molecule has 1 aliphatic rings. The average molecular weight is 275 g/mol. The van der Waals surface area contributed by atoms with Crippen LogP contribution in [0.5, 0.6) is 0 Å². The molecule has 0 aliphatic carbocycles. The van der Waals surface area contributed by atoms with E-state index in [1.54, 1.807) is 0 Å². The Bertz CT molecular complexity index is 388. The Labute approximate surface area is 111 Å². The second kappa shape index (κ2) is 5.53. The number of hydrogen-bond donors (Lipinski definition) is 1. The molecule has 17 heavy (non-hydrogen) atoms. The van der Waals surface area contributed by atoms with Crippen molar-refractivity contribution in [3.8, 4) is 0 Å². The molecular weight excluding hydrogens is 259 g/mol. The van der Waals surface area contributed by atoms with Crippen molar-refractivity contribution in [3.63, 3.8) is 0 Å². The van der Waals surface area contributed by atoms with Gasteiger partial charge in [0.05, 0.1) is 6.10 Å². The molecule has 1 saturated heterocycles. The summed E-state index contributed by atoms with van der Waals surface area (Å²) in [6, 6.07) is 1.82. The molecule has 0 aromatic carbocycles. The summed E-state index contributed by atoms with van der Waals surface area (Å²) in [4.78, 5) is 6.38. The molecule has 5 heteroatoms. The molecule has 0 spiro atoms. The van der Waals surface area contributed by atoms with Crippen molar-refractivity contribution in [3.05, 3.63) is 27.5 Å². The Morgan fingerprint density at radius 1 is 1.53 bits per heavy atom. The highest BCUT2D eigenvalue weighted by Gasteiger charge is 2.20. The van der Waals surface area contributed by atoms with Crippen LogP contribution in [0.3, 0.4) is 0 Å². The van der Waals surface area contributed by atoms with E-state index in [2.05, 4.69) is 9.88 Å². The number of nitrogens with zero attached hydrogens (tertiary/aromatic N) is 2. The smallest absolute Gasteiger partial charge is 0.135 e. The lowest BCUT2D eigenvalue weighted by Crippen LogP contribution is -2.37. The van der Waals surface area contributed by atoms with E-state index < -0.39 is 0 Å². The number of aliphatic hydroxyl groups is 1. The van der Waals surface area contributed by atoms with E-state index in [4.69, 9.17) is 23.2 Å². The molecule has 1 aromatic heterocycles. The van der Waals surface area contributed by atoms with Gasteiger partial charge in [0, 0.05) is 29.4 Å². The van der Waals surface area contributed by atoms with Gasteiger partial charge in [-0.05, 0) is 32.4 Å². The highest BCUT2D eigenvalue weighted by atomic mass is 35.5. The van der Waals surface area contributed by atoms with Crippen LogP contribution in [0.2, 0.25) is 10.2 Å². The largest absolute Gasteiger partial charge is 0.392 e. The molecule has 1 N–H and O–H groups in total. The number of hydrogen-bond acceptors (Lipinski definition) is 3. The second-order valence-corrected chi connectivity index (χ2v) is 5.31. The Morgan fingerprint density at radius 2 is 2.29 bits per heavy atom. The fourth-order valence-electron chi connectivity index (χ4n) is 2.16. The van der Waals surface area contributed by atoms with Crippen LogP contribution in [-0.2, 0) is 6.54 Å². The molecule has 0 unspecified atom stereocenters. The summed E-state index contributed by atoms with van der Waals surface area (Å²) >= 11 is 12.3. The lowest BCUT2D eigenvalue weighted by molar-refractivity contribution is 0.0668. The van der Waals surface area contributed by atoms with Crippen LogP contribution >= 0.6 is 23.2 Å². The molecule has 0 radical (unpaired) electrons. The third-order valence-electron chi connectivity index (χ3n) is 3.01. The fraction of sp³-hybridized carbons (Fsp3) is 0.583. The lowest BCUT2D eigenvalue weighted by Gasteiger charge is -2.30. The van der Waals surface area contributed by atoms with Gasteiger partial charge in [-0.15, -0.1) is 0 Å². The van der Waals surface area contributed by atoms with Crippen molar-refractivity contribution < 1.29 is 5.11 Å². The van der Waals surface area contributed by atoms with Crippen molar-refractivity contribution in [2.75, 3.05) is 13.1 Å². The van der Waals surface area contributed by atoms with Gasteiger partial charge in [0.1, 0.15) is 5.15 Å². The number of aromatic nitrogens is 1. The van der Waals surface area contributed by atoms with Crippen molar-refractivity contribution >= 4 is 23.2 Å². The summed E-state index contributed by atoms with van der Waals surface area (Å²) in [6.07, 6.45) is 1.65. The zero-order valence-electron chi connectivity index (χ0n) is 9.79. The van der Waals surface area contributed by atoms with Crippen molar-refractivity contribution in [2.24, 2.45) is 0 Å². The predicted molar refractivity (Wildman–Crippen MR) is 69.5 cm³/mol. The summed E-state index contributed by atoms with van der Waals surface area (Å²) in [5, 5.41) is 10.7. The highest BCUT2D eigenvalue weighted by Crippen LogP contribution is 2.26. The molecule has 3 nitrogen and oxygen atoms in total. The molecule has 1 atom stereocenters. The minimum Gasteiger partial charge on any atom is -0.392 e. The Kier molecular flexibility index (Phi) is 4.26. The van der Waals surface area contributed by atoms with Crippen LogP contribution in [0, 0.1) is 6.92 Å². The van der Waals surface area contributed by atoms with Gasteiger partial charge in [-0.1, -0.05) is 23.2 Å². The number of β-amino-alcohol motifs (C(OH)–C–C–N with tert-alkyl or cyclic N) is 1. The van der Waals surface area contributed by atoms with Crippen LogP contribution in [0.4, 0.5) is 0 Å². The van der Waals surface area contributed by atoms with E-state index in [1.165, 1.54) is 0 Å². The SMILES string of the molecule is Cc1cc(Cl)c(CN2CCC[C@H](O)C2)c(Cl)n1. The number of aliphatic hydroxyl groups excluding tert-OH is 1. The predicted octanol–water partition coefficient (Wildman–Crippen LogP) is 2.65. The lowest BCUT2D eigenvalue weighted by atomic mass is 10.1. The molecular formula is C12H16Cl2N2O. The molecule has 94 valence electrons. The first-order valence-corrected chi connectivity index (χ1v) is 6.54.